The van der Waals surface area contributed by atoms with E-state index >= 15 is 0 Å². The molecule has 2 unspecified atom stereocenters. The molecule has 0 bridgehead atoms. The minimum atomic E-state index is -4.33. The number of rotatable bonds is 6. The average molecular weight is 464 g/mol. The molecule has 2 aliphatic rings. The van der Waals surface area contributed by atoms with Crippen molar-refractivity contribution in [3.8, 4) is 0 Å². The monoisotopic (exact) mass is 464 g/mol. The summed E-state index contributed by atoms with van der Waals surface area (Å²) in [6.45, 7) is 1.36. The number of aromatic nitrogens is 4. The van der Waals surface area contributed by atoms with E-state index in [0.717, 1.165) is 5.56 Å². The lowest BCUT2D eigenvalue weighted by molar-refractivity contribution is -0.154. The van der Waals surface area contributed by atoms with Crippen LogP contribution in [0.1, 0.15) is 18.7 Å². The molecule has 13 nitrogen and oxygen atoms in total. The van der Waals surface area contributed by atoms with E-state index in [0.29, 0.717) is 0 Å². The Kier molecular flexibility index (Phi) is 4.59. The molecule has 1 saturated carbocycles. The molecule has 0 spiro atoms. The number of hydrogen-bond donors (Lipinski definition) is 6. The Balaban J connectivity index is 1.35. The minimum Gasteiger partial charge on any atom is -0.382 e. The Hall–Kier alpha value is -2.64. The zero-order valence-electron chi connectivity index (χ0n) is 16.7. The largest absolute Gasteiger partial charge is 0.403 e. The number of nitrogens with zero attached hydrogens (tertiary/aromatic N) is 3. The van der Waals surface area contributed by atoms with Crippen molar-refractivity contribution in [2.45, 2.75) is 43.1 Å². The third-order valence-electron chi connectivity index (χ3n) is 5.89. The van der Waals surface area contributed by atoms with E-state index in [1.165, 1.54) is 17.8 Å². The number of nitrogens with one attached hydrogen (secondary N) is 2. The van der Waals surface area contributed by atoms with Crippen LogP contribution < -0.4 is 16.4 Å². The lowest BCUT2D eigenvalue weighted by Crippen LogP contribution is -2.48. The Morgan fingerprint density at radius 1 is 1.38 bits per heavy atom. The van der Waals surface area contributed by atoms with Gasteiger partial charge in [0.2, 0.25) is 5.95 Å². The van der Waals surface area contributed by atoms with Gasteiger partial charge in [0.1, 0.15) is 17.8 Å². The third-order valence-corrected chi connectivity index (χ3v) is 6.96. The van der Waals surface area contributed by atoms with Crippen molar-refractivity contribution >= 4 is 24.9 Å². The number of imidazole rings is 1. The maximum Gasteiger partial charge on any atom is 0.403 e. The first-order valence-electron chi connectivity index (χ1n) is 9.67. The van der Waals surface area contributed by atoms with Gasteiger partial charge in [0.15, 0.2) is 23.0 Å². The average Bonchev–Trinajstić information content (AvgIpc) is 3.00. The fourth-order valence-corrected chi connectivity index (χ4v) is 5.14. The smallest absolute Gasteiger partial charge is 0.382 e. The molecule has 5 rings (SSSR count). The minimum absolute atomic E-state index is 0.0241. The summed E-state index contributed by atoms with van der Waals surface area (Å²) in [5.74, 6) is -0.155. The number of nitrogen functional groups attached to an aromatic ring is 1. The zero-order chi connectivity index (χ0) is 22.9. The molecule has 1 saturated heterocycles. The maximum atomic E-state index is 12.5. The van der Waals surface area contributed by atoms with Crippen LogP contribution in [-0.4, -0.2) is 58.0 Å². The lowest BCUT2D eigenvalue weighted by atomic mass is 9.95. The summed E-state index contributed by atoms with van der Waals surface area (Å²) in [5.41, 5.74) is 1.86. The second-order valence-electron chi connectivity index (χ2n) is 8.02. The van der Waals surface area contributed by atoms with Crippen molar-refractivity contribution in [2.75, 3.05) is 5.73 Å². The summed E-state index contributed by atoms with van der Waals surface area (Å²) in [6, 6.07) is 8.93. The first-order valence-corrected chi connectivity index (χ1v) is 11.2. The molecule has 1 aliphatic heterocycles. The highest BCUT2D eigenvalue weighted by Crippen LogP contribution is 2.64. The van der Waals surface area contributed by atoms with E-state index in [9.17, 15) is 24.5 Å². The first kappa shape index (κ1) is 21.2. The quantitative estimate of drug-likeness (QED) is 0.254. The van der Waals surface area contributed by atoms with Crippen molar-refractivity contribution in [2.24, 2.45) is 0 Å². The van der Waals surface area contributed by atoms with Gasteiger partial charge in [-0.1, -0.05) is 30.3 Å². The molecule has 0 radical (unpaired) electrons. The molecule has 2 fully saturated rings. The summed E-state index contributed by atoms with van der Waals surface area (Å²) in [7, 11) is -4.33. The summed E-state index contributed by atoms with van der Waals surface area (Å²) in [6.07, 6.45) is -2.33. The maximum absolute atomic E-state index is 12.5. The molecule has 32 heavy (non-hydrogen) atoms. The highest BCUT2D eigenvalue weighted by molar-refractivity contribution is 7.50. The molecular formula is C18H21N6O7P. The number of ether oxygens (including phenoxy) is 1. The predicted molar refractivity (Wildman–Crippen MR) is 110 cm³/mol. The van der Waals surface area contributed by atoms with E-state index in [1.54, 1.807) is 24.3 Å². The van der Waals surface area contributed by atoms with E-state index in [1.807, 2.05) is 6.07 Å². The highest BCUT2D eigenvalue weighted by Gasteiger charge is 2.84. The Bertz CT molecular complexity index is 1290. The van der Waals surface area contributed by atoms with Gasteiger partial charge in [-0.2, -0.15) is 4.98 Å². The van der Waals surface area contributed by atoms with Crippen molar-refractivity contribution in [1.29, 1.82) is 0 Å². The molecule has 3 aromatic rings. The van der Waals surface area contributed by atoms with Crippen LogP contribution in [0.5, 0.6) is 0 Å². The Morgan fingerprint density at radius 3 is 2.75 bits per heavy atom. The molecule has 14 heteroatoms. The number of benzene rings is 1. The van der Waals surface area contributed by atoms with Crippen molar-refractivity contribution in [3.05, 3.63) is 52.6 Å². The van der Waals surface area contributed by atoms with Crippen LogP contribution in [0.3, 0.4) is 0 Å². The number of aromatic amines is 1. The summed E-state index contributed by atoms with van der Waals surface area (Å²) >= 11 is 0. The number of aliphatic hydroxyl groups is 2. The van der Waals surface area contributed by atoms with Crippen LogP contribution in [-0.2, 0) is 20.4 Å². The number of H-pyrrole nitrogens is 1. The second kappa shape index (κ2) is 6.93. The number of fused-ring (bicyclic) bond motifs is 2. The van der Waals surface area contributed by atoms with Gasteiger partial charge in [-0.05, 0) is 12.5 Å². The zero-order valence-corrected chi connectivity index (χ0v) is 17.6. The normalized spacial score (nSPS) is 33.2. The van der Waals surface area contributed by atoms with Crippen molar-refractivity contribution in [3.63, 3.8) is 0 Å². The van der Waals surface area contributed by atoms with Crippen LogP contribution in [0.25, 0.3) is 11.2 Å². The van der Waals surface area contributed by atoms with Crippen LogP contribution in [0.4, 0.5) is 5.95 Å². The molecule has 2 aromatic heterocycles. The Labute approximate surface area is 180 Å². The summed E-state index contributed by atoms with van der Waals surface area (Å²) in [4.78, 5) is 32.5. The third kappa shape index (κ3) is 3.10. The van der Waals surface area contributed by atoms with E-state index < -0.39 is 42.9 Å². The topological polar surface area (TPSA) is 198 Å². The number of hydrogen-bond acceptors (Lipinski definition) is 9. The molecule has 1 aromatic carbocycles. The van der Waals surface area contributed by atoms with Gasteiger partial charge in [-0.3, -0.25) is 18.9 Å². The molecule has 0 amide bonds. The van der Waals surface area contributed by atoms with Gasteiger partial charge in [-0.25, -0.2) is 14.6 Å². The fraction of sp³-hybridized carbons (Fsp3) is 0.389. The van der Waals surface area contributed by atoms with Gasteiger partial charge >= 0.3 is 7.75 Å². The summed E-state index contributed by atoms with van der Waals surface area (Å²) < 4.78 is 24.7. The van der Waals surface area contributed by atoms with Gasteiger partial charge in [0.25, 0.3) is 5.56 Å². The molecule has 7 N–H and O–H groups in total. The van der Waals surface area contributed by atoms with Crippen LogP contribution >= 0.6 is 7.75 Å². The highest BCUT2D eigenvalue weighted by atomic mass is 31.2. The number of nitrogens with two attached hydrogens (primary N) is 1. The molecular weight excluding hydrogens is 443 g/mol. The summed E-state index contributed by atoms with van der Waals surface area (Å²) in [5, 5.41) is 24.6. The van der Waals surface area contributed by atoms with Gasteiger partial charge in [0.05, 0.1) is 6.33 Å². The van der Waals surface area contributed by atoms with Crippen molar-refractivity contribution in [1.82, 2.24) is 24.6 Å². The van der Waals surface area contributed by atoms with Gasteiger partial charge < -0.3 is 25.6 Å². The molecule has 3 heterocycles. The SMILES string of the molecule is C[C@]1(O)[C@H](n2cnc3c(=O)[nH]c(N)nc32)O[C@@H]2C(OP(=O)(O)NCc3ccccc3)[C@@]21O. The number of anilines is 1. The van der Waals surface area contributed by atoms with E-state index in [2.05, 4.69) is 20.0 Å². The van der Waals surface area contributed by atoms with Gasteiger partial charge in [-0.15, -0.1) is 0 Å². The van der Waals surface area contributed by atoms with E-state index in [4.69, 9.17) is 15.0 Å². The molecule has 1 aliphatic carbocycles. The lowest BCUT2D eigenvalue weighted by Gasteiger charge is -2.33. The van der Waals surface area contributed by atoms with Gasteiger partial charge in [0, 0.05) is 6.54 Å². The standard InChI is InChI=1S/C18H21N6O7P/c1-17(26)15(24-8-20-10-13(24)22-16(19)23-14(10)25)30-11-12(18(11,17)27)31-32(28,29)21-7-9-5-3-2-4-6-9/h2-6,8,11-12,15,26-27H,7H2,1H3,(H2,21,28,29)(H3,19,22,23,25)/t11-,12?,15-,17+,18+/m1/s1. The fourth-order valence-electron chi connectivity index (χ4n) is 4.10. The Morgan fingerprint density at radius 2 is 2.09 bits per heavy atom. The predicted octanol–water partition coefficient (Wildman–Crippen LogP) is -0.630. The van der Waals surface area contributed by atoms with Crippen LogP contribution in [0.15, 0.2) is 41.5 Å². The molecule has 170 valence electrons. The molecule has 6 atom stereocenters. The van der Waals surface area contributed by atoms with E-state index in [-0.39, 0.29) is 23.7 Å². The second-order valence-corrected chi connectivity index (χ2v) is 9.59. The van der Waals surface area contributed by atoms with Crippen LogP contribution in [0.2, 0.25) is 0 Å². The van der Waals surface area contributed by atoms with Crippen LogP contribution in [0, 0.1) is 0 Å². The van der Waals surface area contributed by atoms with Crippen molar-refractivity contribution < 1.29 is 28.9 Å². The first-order chi connectivity index (χ1) is 15.0.